The van der Waals surface area contributed by atoms with Crippen LogP contribution in [0.5, 0.6) is 0 Å². The van der Waals surface area contributed by atoms with E-state index in [4.69, 9.17) is 5.73 Å². The number of nitrogens with one attached hydrogen (secondary N) is 1. The van der Waals surface area contributed by atoms with E-state index in [1.54, 1.807) is 13.8 Å². The van der Waals surface area contributed by atoms with Gasteiger partial charge in [-0.2, -0.15) is 0 Å². The van der Waals surface area contributed by atoms with Crippen molar-refractivity contribution in [3.05, 3.63) is 0 Å². The van der Waals surface area contributed by atoms with E-state index in [1.807, 2.05) is 0 Å². The lowest BCUT2D eigenvalue weighted by atomic mass is 10.1. The number of carbonyl (C=O) groups is 2. The fraction of sp³-hybridized carbons (Fsp3) is 0.667. The Hall–Kier alpha value is -1.10. The molecule has 1 aliphatic heterocycles. The Bertz CT molecular complexity index is 212. The Labute approximate surface area is 64.5 Å². The first kappa shape index (κ1) is 8.00. The molecule has 11 heavy (non-hydrogen) atoms. The molecule has 5 nitrogen and oxygen atoms in total. The highest BCUT2D eigenvalue weighted by atomic mass is 16.2. The molecule has 1 heterocycles. The number of urea groups is 1. The third-order valence-electron chi connectivity index (χ3n) is 1.88. The van der Waals surface area contributed by atoms with Crippen molar-refractivity contribution >= 4 is 11.9 Å². The molecule has 0 aromatic rings. The Morgan fingerprint density at radius 3 is 2.27 bits per heavy atom. The molecule has 1 aliphatic rings. The molecule has 1 rings (SSSR count). The van der Waals surface area contributed by atoms with Crippen molar-refractivity contribution in [3.63, 3.8) is 0 Å². The summed E-state index contributed by atoms with van der Waals surface area (Å²) in [6, 6.07) is -0.414. The quantitative estimate of drug-likeness (QED) is 0.491. The van der Waals surface area contributed by atoms with E-state index in [0.29, 0.717) is 0 Å². The van der Waals surface area contributed by atoms with Crippen LogP contribution in [-0.2, 0) is 4.79 Å². The second-order valence-corrected chi connectivity index (χ2v) is 2.93. The predicted molar refractivity (Wildman–Crippen MR) is 38.5 cm³/mol. The molecule has 3 amide bonds. The van der Waals surface area contributed by atoms with Gasteiger partial charge in [-0.1, -0.05) is 0 Å². The molecule has 0 saturated carbocycles. The van der Waals surface area contributed by atoms with Gasteiger partial charge in [-0.25, -0.2) is 4.79 Å². The molecule has 0 spiro atoms. The smallest absolute Gasteiger partial charge is 0.314 e. The molecule has 5 heteroatoms. The first-order valence-corrected chi connectivity index (χ1v) is 3.33. The minimum Gasteiger partial charge on any atom is -0.314 e. The van der Waals surface area contributed by atoms with Crippen LogP contribution < -0.4 is 11.1 Å². The van der Waals surface area contributed by atoms with Crippen LogP contribution in [0.15, 0.2) is 0 Å². The van der Waals surface area contributed by atoms with Gasteiger partial charge in [0.25, 0.3) is 5.91 Å². The maximum absolute atomic E-state index is 11.0. The van der Waals surface area contributed by atoms with Gasteiger partial charge in [-0.05, 0) is 13.8 Å². The van der Waals surface area contributed by atoms with Gasteiger partial charge >= 0.3 is 6.03 Å². The van der Waals surface area contributed by atoms with Gasteiger partial charge in [0.2, 0.25) is 0 Å². The fourth-order valence-electron chi connectivity index (χ4n) is 1.01. The monoisotopic (exact) mass is 157 g/mol. The topological polar surface area (TPSA) is 75.4 Å². The second-order valence-electron chi connectivity index (χ2n) is 2.93. The van der Waals surface area contributed by atoms with Crippen molar-refractivity contribution in [1.82, 2.24) is 10.2 Å². The van der Waals surface area contributed by atoms with Gasteiger partial charge < -0.3 is 5.73 Å². The van der Waals surface area contributed by atoms with Crippen LogP contribution in [0.25, 0.3) is 0 Å². The van der Waals surface area contributed by atoms with Crippen molar-refractivity contribution in [2.45, 2.75) is 19.4 Å². The van der Waals surface area contributed by atoms with Crippen LogP contribution in [-0.4, -0.2) is 29.0 Å². The van der Waals surface area contributed by atoms with Crippen molar-refractivity contribution in [2.24, 2.45) is 5.73 Å². The summed E-state index contributed by atoms with van der Waals surface area (Å²) < 4.78 is 0. The number of imide groups is 1. The molecule has 3 N–H and O–H groups in total. The largest absolute Gasteiger partial charge is 0.326 e. The van der Waals surface area contributed by atoms with Gasteiger partial charge in [0, 0.05) is 0 Å². The van der Waals surface area contributed by atoms with Crippen molar-refractivity contribution in [3.8, 4) is 0 Å². The number of carbonyl (C=O) groups excluding carboxylic acids is 2. The first-order chi connectivity index (χ1) is 5.00. The zero-order valence-electron chi connectivity index (χ0n) is 6.55. The summed E-state index contributed by atoms with van der Waals surface area (Å²) in [7, 11) is 0. The maximum Gasteiger partial charge on any atom is 0.326 e. The second kappa shape index (κ2) is 2.20. The Morgan fingerprint density at radius 1 is 1.55 bits per heavy atom. The third-order valence-corrected chi connectivity index (χ3v) is 1.88. The van der Waals surface area contributed by atoms with Gasteiger partial charge in [-0.3, -0.25) is 15.0 Å². The number of hydrogen-bond acceptors (Lipinski definition) is 3. The molecule has 0 aromatic carbocycles. The predicted octanol–water partition coefficient (Wildman–Crippen LogP) is -0.767. The molecular formula is C6H11N3O2. The lowest BCUT2D eigenvalue weighted by molar-refractivity contribution is -0.125. The van der Waals surface area contributed by atoms with Crippen molar-refractivity contribution in [1.29, 1.82) is 0 Å². The normalized spacial score (nSPS) is 22.3. The van der Waals surface area contributed by atoms with E-state index >= 15 is 0 Å². The van der Waals surface area contributed by atoms with Crippen LogP contribution in [0.4, 0.5) is 4.79 Å². The zero-order valence-corrected chi connectivity index (χ0v) is 6.55. The Balaban J connectivity index is 2.93. The summed E-state index contributed by atoms with van der Waals surface area (Å²) in [5.41, 5.74) is 4.48. The van der Waals surface area contributed by atoms with Crippen molar-refractivity contribution in [2.75, 3.05) is 6.67 Å². The zero-order chi connectivity index (χ0) is 8.65. The molecule has 0 atom stereocenters. The third kappa shape index (κ3) is 0.970. The van der Waals surface area contributed by atoms with Gasteiger partial charge in [0.1, 0.15) is 5.54 Å². The number of nitrogens with two attached hydrogens (primary N) is 1. The molecule has 0 radical (unpaired) electrons. The lowest BCUT2D eigenvalue weighted by Crippen LogP contribution is -2.46. The molecule has 0 aliphatic carbocycles. The molecule has 1 fully saturated rings. The highest BCUT2D eigenvalue weighted by molar-refractivity contribution is 6.06. The Kier molecular flexibility index (Phi) is 1.60. The van der Waals surface area contributed by atoms with Gasteiger partial charge in [0.05, 0.1) is 6.67 Å². The summed E-state index contributed by atoms with van der Waals surface area (Å²) >= 11 is 0. The summed E-state index contributed by atoms with van der Waals surface area (Å²) in [4.78, 5) is 23.3. The van der Waals surface area contributed by atoms with Gasteiger partial charge in [0.15, 0.2) is 0 Å². The Morgan fingerprint density at radius 2 is 2.09 bits per heavy atom. The van der Waals surface area contributed by atoms with E-state index in [1.165, 1.54) is 4.90 Å². The highest BCUT2D eigenvalue weighted by Crippen LogP contribution is 2.18. The maximum atomic E-state index is 11.0. The number of nitrogens with zero attached hydrogens (tertiary/aromatic N) is 1. The van der Waals surface area contributed by atoms with Crippen LogP contribution in [0, 0.1) is 0 Å². The SMILES string of the molecule is CC1(C)C(=O)NC(=O)N1CN. The summed E-state index contributed by atoms with van der Waals surface area (Å²) in [5.74, 6) is -0.298. The molecule has 62 valence electrons. The van der Waals surface area contributed by atoms with Gasteiger partial charge in [-0.15, -0.1) is 0 Å². The van der Waals surface area contributed by atoms with Crippen molar-refractivity contribution < 1.29 is 9.59 Å². The molecule has 0 unspecified atom stereocenters. The van der Waals surface area contributed by atoms with E-state index in [0.717, 1.165) is 0 Å². The van der Waals surface area contributed by atoms with E-state index in [2.05, 4.69) is 5.32 Å². The fourth-order valence-corrected chi connectivity index (χ4v) is 1.01. The van der Waals surface area contributed by atoms with Crippen LogP contribution in [0.3, 0.4) is 0 Å². The average molecular weight is 157 g/mol. The first-order valence-electron chi connectivity index (χ1n) is 3.33. The van der Waals surface area contributed by atoms with Crippen LogP contribution >= 0.6 is 0 Å². The van der Waals surface area contributed by atoms with Crippen LogP contribution in [0.2, 0.25) is 0 Å². The van der Waals surface area contributed by atoms with Crippen LogP contribution in [0.1, 0.15) is 13.8 Å². The number of amides is 3. The standard InChI is InChI=1S/C6H11N3O2/c1-6(2)4(10)8-5(11)9(6)3-7/h3,7H2,1-2H3,(H,8,10,11). The van der Waals surface area contributed by atoms with E-state index < -0.39 is 11.6 Å². The molecule has 0 bridgehead atoms. The number of rotatable bonds is 1. The lowest BCUT2D eigenvalue weighted by Gasteiger charge is -2.25. The molecule has 1 saturated heterocycles. The highest BCUT2D eigenvalue weighted by Gasteiger charge is 2.44. The minimum atomic E-state index is -0.800. The van der Waals surface area contributed by atoms with E-state index in [-0.39, 0.29) is 12.6 Å². The summed E-state index contributed by atoms with van der Waals surface area (Å²) in [6.07, 6.45) is 0. The minimum absolute atomic E-state index is 0.0601. The number of hydrogen-bond donors (Lipinski definition) is 2. The van der Waals surface area contributed by atoms with E-state index in [9.17, 15) is 9.59 Å². The summed E-state index contributed by atoms with van der Waals surface area (Å²) in [5, 5.41) is 2.18. The summed E-state index contributed by atoms with van der Waals surface area (Å²) in [6.45, 7) is 3.37. The average Bonchev–Trinajstić information content (AvgIpc) is 2.04. The molecule has 0 aromatic heterocycles. The molecular weight excluding hydrogens is 146 g/mol.